The van der Waals surface area contributed by atoms with E-state index in [4.69, 9.17) is 15.3 Å². The number of hydrogen-bond acceptors (Lipinski definition) is 3. The summed E-state index contributed by atoms with van der Waals surface area (Å²) in [5.41, 5.74) is 1.15. The first-order chi connectivity index (χ1) is 9.66. The quantitative estimate of drug-likeness (QED) is 0.438. The van der Waals surface area contributed by atoms with Gasteiger partial charge in [0.2, 0.25) is 0 Å². The maximum Gasteiger partial charge on any atom is 0.0483 e. The van der Waals surface area contributed by atoms with Crippen molar-refractivity contribution in [3.8, 4) is 0 Å². The number of aliphatic hydroxyl groups is 3. The van der Waals surface area contributed by atoms with Gasteiger partial charge < -0.3 is 20.3 Å². The van der Waals surface area contributed by atoms with Gasteiger partial charge in [0.05, 0.1) is 0 Å². The van der Waals surface area contributed by atoms with Crippen molar-refractivity contribution in [1.29, 1.82) is 0 Å². The first kappa shape index (κ1) is 26.3. The molecule has 22 heavy (non-hydrogen) atoms. The fourth-order valence-corrected chi connectivity index (χ4v) is 0.928. The minimum atomic E-state index is -0.167. The van der Waals surface area contributed by atoms with Crippen LogP contribution in [0.4, 0.5) is 0 Å². The molecular weight excluding hydrogens is 314 g/mol. The molecule has 126 valence electrons. The predicted molar refractivity (Wildman–Crippen MR) is 89.2 cm³/mol. The van der Waals surface area contributed by atoms with E-state index in [0.717, 1.165) is 5.52 Å². The molecule has 0 amide bonds. The van der Waals surface area contributed by atoms with Crippen LogP contribution >= 0.6 is 0 Å². The van der Waals surface area contributed by atoms with E-state index in [0.29, 0.717) is 0 Å². The van der Waals surface area contributed by atoms with Gasteiger partial charge in [-0.2, -0.15) is 11.5 Å². The van der Waals surface area contributed by atoms with E-state index in [9.17, 15) is 0 Å². The number of H-pyrrole nitrogens is 1. The summed E-state index contributed by atoms with van der Waals surface area (Å²) in [6.45, 7) is 10.3. The summed E-state index contributed by atoms with van der Waals surface area (Å²) in [6, 6.07) is 10.1. The Hall–Kier alpha value is -0.646. The van der Waals surface area contributed by atoms with Crippen molar-refractivity contribution >= 4 is 10.9 Å². The molecule has 0 fully saturated rings. The van der Waals surface area contributed by atoms with Crippen LogP contribution in [0.25, 0.3) is 10.9 Å². The first-order valence-electron chi connectivity index (χ1n) is 7.14. The zero-order valence-corrected chi connectivity index (χ0v) is 16.0. The fraction of sp³-hybridized carbons (Fsp3) is 0.529. The monoisotopic (exact) mass is 344 g/mol. The van der Waals surface area contributed by atoms with E-state index < -0.39 is 0 Å². The van der Waals surface area contributed by atoms with Gasteiger partial charge in [-0.25, -0.2) is 0 Å². The molecule has 0 saturated carbocycles. The van der Waals surface area contributed by atoms with E-state index >= 15 is 0 Å². The van der Waals surface area contributed by atoms with Crippen LogP contribution in [0.1, 0.15) is 41.5 Å². The van der Waals surface area contributed by atoms with E-state index in [1.54, 1.807) is 41.5 Å². The van der Waals surface area contributed by atoms with Crippen molar-refractivity contribution in [2.75, 3.05) is 0 Å². The summed E-state index contributed by atoms with van der Waals surface area (Å²) in [5.74, 6) is 0. The van der Waals surface area contributed by atoms with Gasteiger partial charge in [0.1, 0.15) is 0 Å². The molecule has 0 atom stereocenters. The number of aromatic nitrogens is 1. The number of para-hydroxylation sites is 1. The smallest absolute Gasteiger partial charge is 0.0483 e. The zero-order chi connectivity index (χ0) is 16.8. The van der Waals surface area contributed by atoms with E-state index in [1.165, 1.54) is 5.39 Å². The molecule has 0 aliphatic heterocycles. The Kier molecular flexibility index (Phi) is 20.0. The minimum Gasteiger partial charge on any atom is -0.477 e. The summed E-state index contributed by atoms with van der Waals surface area (Å²) < 4.78 is 0. The Labute approximate surface area is 149 Å². The van der Waals surface area contributed by atoms with Crippen molar-refractivity contribution in [2.45, 2.75) is 59.9 Å². The molecule has 0 saturated heterocycles. The van der Waals surface area contributed by atoms with Crippen LogP contribution in [0.2, 0.25) is 0 Å². The Morgan fingerprint density at radius 1 is 0.818 bits per heavy atom. The molecule has 0 aliphatic rings. The second-order valence-electron chi connectivity index (χ2n) is 5.28. The molecule has 2 rings (SSSR count). The van der Waals surface area contributed by atoms with Crippen LogP contribution in [-0.2, 0) is 21.7 Å². The maximum atomic E-state index is 8.06. The fourth-order valence-electron chi connectivity index (χ4n) is 0.928. The van der Waals surface area contributed by atoms with Crippen molar-refractivity contribution in [3.63, 3.8) is 0 Å². The van der Waals surface area contributed by atoms with Gasteiger partial charge in [-0.15, -0.1) is 23.8 Å². The van der Waals surface area contributed by atoms with Gasteiger partial charge in [0, 0.05) is 40.0 Å². The van der Waals surface area contributed by atoms with Crippen molar-refractivity contribution in [2.24, 2.45) is 0 Å². The molecular formula is C17H30NO3Ti-. The van der Waals surface area contributed by atoms with Crippen LogP contribution in [0.5, 0.6) is 0 Å². The van der Waals surface area contributed by atoms with Gasteiger partial charge in [0.15, 0.2) is 0 Å². The molecule has 0 radical (unpaired) electrons. The van der Waals surface area contributed by atoms with Crippen LogP contribution in [-0.4, -0.2) is 38.6 Å². The molecule has 0 bridgehead atoms. The minimum absolute atomic E-state index is 0. The average molecular weight is 344 g/mol. The largest absolute Gasteiger partial charge is 0.477 e. The Balaban J connectivity index is -0.000000241. The van der Waals surface area contributed by atoms with Crippen LogP contribution in [0, 0.1) is 6.20 Å². The third-order valence-electron chi connectivity index (χ3n) is 1.40. The van der Waals surface area contributed by atoms with Gasteiger partial charge in [-0.05, 0) is 41.5 Å². The molecule has 2 aromatic rings. The molecule has 4 N–H and O–H groups in total. The van der Waals surface area contributed by atoms with E-state index in [-0.39, 0.29) is 40.0 Å². The van der Waals surface area contributed by atoms with E-state index in [2.05, 4.69) is 17.2 Å². The molecule has 4 nitrogen and oxygen atoms in total. The molecule has 0 spiro atoms. The summed E-state index contributed by atoms with van der Waals surface area (Å²) in [4.78, 5) is 2.99. The molecule has 0 unspecified atom stereocenters. The molecule has 1 heterocycles. The first-order valence-corrected chi connectivity index (χ1v) is 7.14. The molecule has 1 aromatic carbocycles. The molecule has 0 aliphatic carbocycles. The van der Waals surface area contributed by atoms with Crippen molar-refractivity contribution in [3.05, 3.63) is 36.5 Å². The second-order valence-corrected chi connectivity index (χ2v) is 5.28. The predicted octanol–water partition coefficient (Wildman–Crippen LogP) is 3.13. The third-order valence-corrected chi connectivity index (χ3v) is 1.40. The average Bonchev–Trinajstić information content (AvgIpc) is 2.74. The SMILES string of the molecule is CC(C)O.CC(C)O.CC(C)O.[Ti].[c-]1cc2ccccc2[nH]1. The summed E-state index contributed by atoms with van der Waals surface area (Å²) in [6.07, 6.45) is 2.41. The van der Waals surface area contributed by atoms with Crippen molar-refractivity contribution < 1.29 is 37.0 Å². The Bertz CT molecular complexity index is 389. The summed E-state index contributed by atoms with van der Waals surface area (Å²) in [5, 5.41) is 25.4. The van der Waals surface area contributed by atoms with E-state index in [1.807, 2.05) is 24.3 Å². The van der Waals surface area contributed by atoms with Crippen LogP contribution < -0.4 is 0 Å². The Morgan fingerprint density at radius 3 is 1.55 bits per heavy atom. The van der Waals surface area contributed by atoms with Crippen LogP contribution in [0.15, 0.2) is 30.3 Å². The number of aromatic amines is 1. The summed E-state index contributed by atoms with van der Waals surface area (Å²) in [7, 11) is 0. The van der Waals surface area contributed by atoms with Crippen LogP contribution in [0.3, 0.4) is 0 Å². The van der Waals surface area contributed by atoms with Gasteiger partial charge >= 0.3 is 0 Å². The number of aliphatic hydroxyl groups excluding tert-OH is 3. The Morgan fingerprint density at radius 2 is 1.18 bits per heavy atom. The normalized spacial score (nSPS) is 9.09. The summed E-state index contributed by atoms with van der Waals surface area (Å²) >= 11 is 0. The second kappa shape index (κ2) is 16.7. The number of benzene rings is 1. The molecule has 5 heteroatoms. The van der Waals surface area contributed by atoms with Gasteiger partial charge in [-0.3, -0.25) is 0 Å². The van der Waals surface area contributed by atoms with Crippen molar-refractivity contribution in [1.82, 2.24) is 4.98 Å². The third kappa shape index (κ3) is 24.4. The number of hydrogen-bond donors (Lipinski definition) is 4. The topological polar surface area (TPSA) is 76.5 Å². The number of fused-ring (bicyclic) bond motifs is 1. The number of rotatable bonds is 0. The van der Waals surface area contributed by atoms with Gasteiger partial charge in [-0.1, -0.05) is 12.1 Å². The van der Waals surface area contributed by atoms with Gasteiger partial charge in [0.25, 0.3) is 0 Å². The number of nitrogens with one attached hydrogen (secondary N) is 1. The zero-order valence-electron chi connectivity index (χ0n) is 14.5. The maximum absolute atomic E-state index is 8.06. The molecule has 1 aromatic heterocycles. The standard InChI is InChI=1S/C8H6N.3C3H8O.Ti/c1-2-4-8-7(3-1)5-6-9-8;3*1-3(2)4;/h1-5,9H;3*3-4H,1-2H3;/q-1;;;;.